The maximum absolute atomic E-state index is 12.3. The van der Waals surface area contributed by atoms with Crippen molar-refractivity contribution in [1.82, 2.24) is 0 Å². The van der Waals surface area contributed by atoms with Crippen LogP contribution in [0, 0.1) is 0 Å². The molecule has 0 spiro atoms. The van der Waals surface area contributed by atoms with Crippen molar-refractivity contribution in [2.45, 2.75) is 13.0 Å². The van der Waals surface area contributed by atoms with E-state index in [0.29, 0.717) is 6.61 Å². The molecule has 3 N–H and O–H groups in total. The SMILES string of the molecule is CC(Nc1ccc2c(c1)NCCO2)C(=O)Nc1ccc(Br)cc1. The van der Waals surface area contributed by atoms with Crippen LogP contribution in [-0.2, 0) is 4.79 Å². The molecular weight excluding hydrogens is 358 g/mol. The number of amides is 1. The molecule has 5 nitrogen and oxygen atoms in total. The number of halogens is 1. The predicted octanol–water partition coefficient (Wildman–Crippen LogP) is 3.69. The Kier molecular flexibility index (Phi) is 4.71. The Morgan fingerprint density at radius 1 is 1.22 bits per heavy atom. The summed E-state index contributed by atoms with van der Waals surface area (Å²) >= 11 is 3.37. The molecule has 0 radical (unpaired) electrons. The van der Waals surface area contributed by atoms with Crippen LogP contribution in [0.25, 0.3) is 0 Å². The smallest absolute Gasteiger partial charge is 0.246 e. The van der Waals surface area contributed by atoms with Gasteiger partial charge in [0.1, 0.15) is 18.4 Å². The molecule has 0 saturated carbocycles. The summed E-state index contributed by atoms with van der Waals surface area (Å²) in [7, 11) is 0. The highest BCUT2D eigenvalue weighted by Gasteiger charge is 2.15. The first kappa shape index (κ1) is 15.7. The highest BCUT2D eigenvalue weighted by molar-refractivity contribution is 9.10. The van der Waals surface area contributed by atoms with Gasteiger partial charge in [-0.1, -0.05) is 15.9 Å². The Bertz CT molecular complexity index is 703. The van der Waals surface area contributed by atoms with Crippen molar-refractivity contribution in [3.05, 3.63) is 46.9 Å². The largest absolute Gasteiger partial charge is 0.490 e. The monoisotopic (exact) mass is 375 g/mol. The highest BCUT2D eigenvalue weighted by atomic mass is 79.9. The van der Waals surface area contributed by atoms with Gasteiger partial charge >= 0.3 is 0 Å². The summed E-state index contributed by atoms with van der Waals surface area (Å²) in [5.41, 5.74) is 2.59. The molecule has 1 amide bonds. The van der Waals surface area contributed by atoms with Gasteiger partial charge in [0.15, 0.2) is 0 Å². The Hall–Kier alpha value is -2.21. The Morgan fingerprint density at radius 2 is 1.96 bits per heavy atom. The van der Waals surface area contributed by atoms with Crippen LogP contribution >= 0.6 is 15.9 Å². The third-order valence-electron chi connectivity index (χ3n) is 3.54. The van der Waals surface area contributed by atoms with Gasteiger partial charge in [-0.25, -0.2) is 0 Å². The van der Waals surface area contributed by atoms with E-state index in [0.717, 1.165) is 33.8 Å². The maximum atomic E-state index is 12.3. The van der Waals surface area contributed by atoms with Gasteiger partial charge in [0, 0.05) is 22.4 Å². The van der Waals surface area contributed by atoms with E-state index in [1.807, 2.05) is 49.4 Å². The molecule has 0 aliphatic carbocycles. The van der Waals surface area contributed by atoms with E-state index in [1.54, 1.807) is 0 Å². The standard InChI is InChI=1S/C17H18BrN3O2/c1-11(17(22)21-13-4-2-12(18)3-5-13)20-14-6-7-16-15(10-14)19-8-9-23-16/h2-7,10-11,19-20H,8-9H2,1H3,(H,21,22). The van der Waals surface area contributed by atoms with Crippen LogP contribution in [0.15, 0.2) is 46.9 Å². The van der Waals surface area contributed by atoms with E-state index in [2.05, 4.69) is 31.9 Å². The van der Waals surface area contributed by atoms with E-state index in [1.165, 1.54) is 0 Å². The number of hydrogen-bond donors (Lipinski definition) is 3. The van der Waals surface area contributed by atoms with Crippen LogP contribution in [-0.4, -0.2) is 25.1 Å². The molecule has 1 atom stereocenters. The summed E-state index contributed by atoms with van der Waals surface area (Å²) < 4.78 is 6.52. The molecule has 1 heterocycles. The van der Waals surface area contributed by atoms with E-state index in [4.69, 9.17) is 4.74 Å². The lowest BCUT2D eigenvalue weighted by atomic mass is 10.2. The van der Waals surface area contributed by atoms with Gasteiger partial charge in [0.05, 0.1) is 5.69 Å². The van der Waals surface area contributed by atoms with Crippen LogP contribution in [0.4, 0.5) is 17.1 Å². The first-order valence-corrected chi connectivity index (χ1v) is 8.25. The Balaban J connectivity index is 1.62. The second-order valence-electron chi connectivity index (χ2n) is 5.35. The lowest BCUT2D eigenvalue weighted by Crippen LogP contribution is -2.31. The number of ether oxygens (including phenoxy) is 1. The topological polar surface area (TPSA) is 62.4 Å². The molecule has 2 aromatic rings. The van der Waals surface area contributed by atoms with Gasteiger partial charge in [-0.15, -0.1) is 0 Å². The first-order chi connectivity index (χ1) is 11.1. The van der Waals surface area contributed by atoms with E-state index in [9.17, 15) is 4.79 Å². The molecule has 1 unspecified atom stereocenters. The highest BCUT2D eigenvalue weighted by Crippen LogP contribution is 2.30. The number of fused-ring (bicyclic) bond motifs is 1. The van der Waals surface area contributed by atoms with Crippen molar-refractivity contribution in [3.8, 4) is 5.75 Å². The summed E-state index contributed by atoms with van der Waals surface area (Å²) in [6.45, 7) is 3.29. The number of carbonyl (C=O) groups is 1. The lowest BCUT2D eigenvalue weighted by molar-refractivity contribution is -0.116. The number of carbonyl (C=O) groups excluding carboxylic acids is 1. The molecule has 6 heteroatoms. The summed E-state index contributed by atoms with van der Waals surface area (Å²) in [4.78, 5) is 12.3. The number of rotatable bonds is 4. The van der Waals surface area contributed by atoms with E-state index >= 15 is 0 Å². The molecule has 2 aromatic carbocycles. The summed E-state index contributed by atoms with van der Waals surface area (Å²) in [5.74, 6) is 0.753. The average molecular weight is 376 g/mol. The average Bonchev–Trinajstić information content (AvgIpc) is 2.56. The third kappa shape index (κ3) is 3.96. The summed E-state index contributed by atoms with van der Waals surface area (Å²) in [6, 6.07) is 12.9. The normalized spacial score (nSPS) is 14.0. The van der Waals surface area contributed by atoms with E-state index in [-0.39, 0.29) is 11.9 Å². The van der Waals surface area contributed by atoms with Crippen molar-refractivity contribution < 1.29 is 9.53 Å². The minimum atomic E-state index is -0.360. The van der Waals surface area contributed by atoms with Gasteiger partial charge in [0.2, 0.25) is 5.91 Å². The zero-order valence-corrected chi connectivity index (χ0v) is 14.3. The molecular formula is C17H18BrN3O2. The minimum Gasteiger partial charge on any atom is -0.490 e. The Labute approximate surface area is 143 Å². The summed E-state index contributed by atoms with van der Waals surface area (Å²) in [5, 5.41) is 9.38. The minimum absolute atomic E-state index is 0.0887. The molecule has 120 valence electrons. The maximum Gasteiger partial charge on any atom is 0.246 e. The molecule has 23 heavy (non-hydrogen) atoms. The van der Waals surface area contributed by atoms with Crippen molar-refractivity contribution in [3.63, 3.8) is 0 Å². The molecule has 0 fully saturated rings. The first-order valence-electron chi connectivity index (χ1n) is 7.45. The van der Waals surface area contributed by atoms with Crippen molar-refractivity contribution >= 4 is 38.9 Å². The van der Waals surface area contributed by atoms with Crippen molar-refractivity contribution in [2.24, 2.45) is 0 Å². The van der Waals surface area contributed by atoms with Crippen LogP contribution in [0.2, 0.25) is 0 Å². The van der Waals surface area contributed by atoms with Gasteiger partial charge in [-0.3, -0.25) is 4.79 Å². The van der Waals surface area contributed by atoms with Crippen molar-refractivity contribution in [2.75, 3.05) is 29.1 Å². The lowest BCUT2D eigenvalue weighted by Gasteiger charge is -2.21. The fourth-order valence-corrected chi connectivity index (χ4v) is 2.59. The molecule has 0 saturated heterocycles. The van der Waals surface area contributed by atoms with Gasteiger partial charge in [0.25, 0.3) is 0 Å². The van der Waals surface area contributed by atoms with E-state index < -0.39 is 0 Å². The number of nitrogens with one attached hydrogen (secondary N) is 3. The predicted molar refractivity (Wildman–Crippen MR) is 96.3 cm³/mol. The molecule has 1 aliphatic heterocycles. The van der Waals surface area contributed by atoms with Crippen LogP contribution < -0.4 is 20.7 Å². The number of anilines is 3. The zero-order chi connectivity index (χ0) is 16.2. The third-order valence-corrected chi connectivity index (χ3v) is 4.07. The van der Waals surface area contributed by atoms with Crippen LogP contribution in [0.3, 0.4) is 0 Å². The quantitative estimate of drug-likeness (QED) is 0.762. The van der Waals surface area contributed by atoms with Crippen molar-refractivity contribution in [1.29, 1.82) is 0 Å². The molecule has 1 aliphatic rings. The van der Waals surface area contributed by atoms with Gasteiger partial charge in [-0.05, 0) is 49.4 Å². The molecule has 3 rings (SSSR count). The second-order valence-corrected chi connectivity index (χ2v) is 6.26. The van der Waals surface area contributed by atoms with Gasteiger partial charge < -0.3 is 20.7 Å². The summed E-state index contributed by atoms with van der Waals surface area (Å²) in [6.07, 6.45) is 0. The fourth-order valence-electron chi connectivity index (χ4n) is 2.33. The zero-order valence-electron chi connectivity index (χ0n) is 12.7. The van der Waals surface area contributed by atoms with Gasteiger partial charge in [-0.2, -0.15) is 0 Å². The van der Waals surface area contributed by atoms with Crippen LogP contribution in [0.5, 0.6) is 5.75 Å². The molecule has 0 aromatic heterocycles. The number of benzene rings is 2. The molecule has 0 bridgehead atoms. The van der Waals surface area contributed by atoms with Crippen LogP contribution in [0.1, 0.15) is 6.92 Å². The number of hydrogen-bond acceptors (Lipinski definition) is 4. The second kappa shape index (κ2) is 6.91. The fraction of sp³-hybridized carbons (Fsp3) is 0.235. The Morgan fingerprint density at radius 3 is 2.74 bits per heavy atom.